The average molecular weight is 422 g/mol. The van der Waals surface area contributed by atoms with Gasteiger partial charge in [-0.2, -0.15) is 0 Å². The molecule has 166 valence electrons. The van der Waals surface area contributed by atoms with Crippen molar-refractivity contribution in [3.63, 3.8) is 0 Å². The highest BCUT2D eigenvalue weighted by Gasteiger charge is 2.30. The molecule has 2 unspecified atom stereocenters. The molecule has 8 heteroatoms. The number of benzene rings is 1. The van der Waals surface area contributed by atoms with Gasteiger partial charge in [-0.1, -0.05) is 6.58 Å². The summed E-state index contributed by atoms with van der Waals surface area (Å²) in [4.78, 5) is 12.9. The van der Waals surface area contributed by atoms with Gasteiger partial charge in [0.15, 0.2) is 11.5 Å². The number of phenols is 1. The van der Waals surface area contributed by atoms with Crippen molar-refractivity contribution in [2.24, 2.45) is 0 Å². The maximum atomic E-state index is 12.9. The summed E-state index contributed by atoms with van der Waals surface area (Å²) in [6, 6.07) is 1.28. The van der Waals surface area contributed by atoms with E-state index in [1.54, 1.807) is 6.92 Å². The SMILES string of the molecule is C=C=C1CCC(O)C(O)[C@@H](O)CCCc2c(OC)c(OC)cc(O)c2C(=O)O[C@H]1C. The molecule has 4 N–H and O–H groups in total. The van der Waals surface area contributed by atoms with Crippen LogP contribution in [0.2, 0.25) is 0 Å². The molecular weight excluding hydrogens is 392 g/mol. The van der Waals surface area contributed by atoms with Crippen LogP contribution < -0.4 is 9.47 Å². The summed E-state index contributed by atoms with van der Waals surface area (Å²) in [5.74, 6) is -0.538. The Morgan fingerprint density at radius 1 is 1.13 bits per heavy atom. The van der Waals surface area contributed by atoms with Gasteiger partial charge < -0.3 is 34.6 Å². The number of methoxy groups -OCH3 is 2. The largest absolute Gasteiger partial charge is 0.507 e. The van der Waals surface area contributed by atoms with E-state index in [4.69, 9.17) is 14.2 Å². The van der Waals surface area contributed by atoms with Crippen LogP contribution in [-0.4, -0.2) is 65.0 Å². The summed E-state index contributed by atoms with van der Waals surface area (Å²) in [5.41, 5.74) is 3.55. The molecule has 30 heavy (non-hydrogen) atoms. The van der Waals surface area contributed by atoms with Crippen molar-refractivity contribution in [3.05, 3.63) is 35.1 Å². The molecule has 0 radical (unpaired) electrons. The minimum absolute atomic E-state index is 0.0463. The number of carbonyl (C=O) groups is 1. The van der Waals surface area contributed by atoms with E-state index < -0.39 is 30.4 Å². The molecule has 1 aromatic rings. The number of hydrogen-bond donors (Lipinski definition) is 4. The number of aliphatic hydroxyl groups is 3. The molecule has 0 aromatic heterocycles. The van der Waals surface area contributed by atoms with Crippen molar-refractivity contribution in [1.29, 1.82) is 0 Å². The summed E-state index contributed by atoms with van der Waals surface area (Å²) in [6.45, 7) is 5.23. The van der Waals surface area contributed by atoms with Crippen LogP contribution in [0.15, 0.2) is 23.9 Å². The summed E-state index contributed by atoms with van der Waals surface area (Å²) in [6.07, 6.45) is -3.22. The number of hydrogen-bond acceptors (Lipinski definition) is 8. The first-order chi connectivity index (χ1) is 14.2. The van der Waals surface area contributed by atoms with Gasteiger partial charge in [-0.05, 0) is 39.0 Å². The van der Waals surface area contributed by atoms with E-state index in [0.717, 1.165) is 0 Å². The lowest BCUT2D eigenvalue weighted by atomic mass is 9.93. The zero-order valence-corrected chi connectivity index (χ0v) is 17.6. The molecule has 1 aliphatic rings. The molecular formula is C22H30O8. The molecule has 8 nitrogen and oxygen atoms in total. The summed E-state index contributed by atoms with van der Waals surface area (Å²) in [7, 11) is 2.83. The molecule has 1 heterocycles. The smallest absolute Gasteiger partial charge is 0.342 e. The Bertz CT molecular complexity index is 812. The first-order valence-electron chi connectivity index (χ1n) is 9.85. The lowest BCUT2D eigenvalue weighted by Crippen LogP contribution is -2.37. The van der Waals surface area contributed by atoms with Crippen LogP contribution in [0.4, 0.5) is 0 Å². The number of cyclic esters (lactones) is 1. The van der Waals surface area contributed by atoms with Gasteiger partial charge in [0, 0.05) is 17.2 Å². The van der Waals surface area contributed by atoms with Gasteiger partial charge in [0.1, 0.15) is 23.5 Å². The molecule has 0 amide bonds. The molecule has 0 saturated heterocycles. The standard InChI is InChI=1S/C22H30O8/c1-5-13-9-10-16(24)20(26)15(23)8-6-7-14-19(22(27)30-12(13)2)17(25)11-18(28-3)21(14)29-4/h11-12,15-16,20,23-26H,1,6-10H2,2-4H3/t12-,15-,16?,20?/m0/s1. The minimum atomic E-state index is -1.32. The molecule has 0 bridgehead atoms. The van der Waals surface area contributed by atoms with Crippen molar-refractivity contribution in [2.75, 3.05) is 14.2 Å². The summed E-state index contributed by atoms with van der Waals surface area (Å²) >= 11 is 0. The predicted octanol–water partition coefficient (Wildman–Crippen LogP) is 1.87. The Morgan fingerprint density at radius 2 is 1.80 bits per heavy atom. The first kappa shape index (κ1) is 23.8. The van der Waals surface area contributed by atoms with E-state index in [2.05, 4.69) is 12.3 Å². The number of rotatable bonds is 2. The first-order valence-corrected chi connectivity index (χ1v) is 9.85. The Morgan fingerprint density at radius 3 is 2.40 bits per heavy atom. The van der Waals surface area contributed by atoms with Gasteiger partial charge >= 0.3 is 5.97 Å². The monoisotopic (exact) mass is 422 g/mol. The van der Waals surface area contributed by atoms with Gasteiger partial charge in [-0.25, -0.2) is 4.79 Å². The third-order valence-corrected chi connectivity index (χ3v) is 5.38. The zero-order chi connectivity index (χ0) is 22.4. The normalized spacial score (nSPS) is 26.1. The van der Waals surface area contributed by atoms with Crippen molar-refractivity contribution < 1.29 is 39.4 Å². The third kappa shape index (κ3) is 5.15. The number of esters is 1. The second-order valence-corrected chi connectivity index (χ2v) is 7.29. The van der Waals surface area contributed by atoms with Gasteiger partial charge in [0.25, 0.3) is 0 Å². The Labute approximate surface area is 176 Å². The van der Waals surface area contributed by atoms with Crippen molar-refractivity contribution in [3.8, 4) is 17.2 Å². The summed E-state index contributed by atoms with van der Waals surface area (Å²) < 4.78 is 16.2. The molecule has 4 atom stereocenters. The van der Waals surface area contributed by atoms with E-state index in [-0.39, 0.29) is 48.5 Å². The highest BCUT2D eigenvalue weighted by Crippen LogP contribution is 2.40. The zero-order valence-electron chi connectivity index (χ0n) is 17.6. The fourth-order valence-corrected chi connectivity index (χ4v) is 3.64. The van der Waals surface area contributed by atoms with Crippen LogP contribution in [0, 0.1) is 0 Å². The quantitative estimate of drug-likeness (QED) is 0.420. The second kappa shape index (κ2) is 10.5. The number of ether oxygens (including phenoxy) is 3. The maximum Gasteiger partial charge on any atom is 0.342 e. The molecule has 1 aliphatic heterocycles. The predicted molar refractivity (Wildman–Crippen MR) is 109 cm³/mol. The molecule has 0 saturated carbocycles. The Hall–Kier alpha value is -2.51. The Balaban J connectivity index is 2.54. The topological polar surface area (TPSA) is 126 Å². The lowest BCUT2D eigenvalue weighted by Gasteiger charge is -2.25. The fraction of sp³-hybridized carbons (Fsp3) is 0.545. The van der Waals surface area contributed by atoms with Crippen molar-refractivity contribution >= 4 is 5.97 Å². The highest BCUT2D eigenvalue weighted by atomic mass is 16.5. The van der Waals surface area contributed by atoms with Crippen molar-refractivity contribution in [2.45, 2.75) is 63.4 Å². The average Bonchev–Trinajstić information content (AvgIpc) is 2.71. The lowest BCUT2D eigenvalue weighted by molar-refractivity contribution is -0.0646. The minimum Gasteiger partial charge on any atom is -0.507 e. The van der Waals surface area contributed by atoms with E-state index >= 15 is 0 Å². The molecule has 2 rings (SSSR count). The van der Waals surface area contributed by atoms with Crippen LogP contribution in [0.3, 0.4) is 0 Å². The number of fused-ring (bicyclic) bond motifs is 1. The fourth-order valence-electron chi connectivity index (χ4n) is 3.64. The van der Waals surface area contributed by atoms with Crippen LogP contribution in [0.5, 0.6) is 17.2 Å². The Kier molecular flexibility index (Phi) is 8.32. The number of aromatic hydroxyl groups is 1. The van der Waals surface area contributed by atoms with Crippen LogP contribution in [-0.2, 0) is 11.2 Å². The second-order valence-electron chi connectivity index (χ2n) is 7.29. The van der Waals surface area contributed by atoms with Gasteiger partial charge in [-0.3, -0.25) is 0 Å². The third-order valence-electron chi connectivity index (χ3n) is 5.38. The molecule has 1 aromatic carbocycles. The number of phenolic OH excluding ortho intramolecular Hbond substituents is 1. The van der Waals surface area contributed by atoms with E-state index in [9.17, 15) is 25.2 Å². The molecule has 0 aliphatic carbocycles. The molecule has 0 spiro atoms. The number of carbonyl (C=O) groups excluding carboxylic acids is 1. The molecule has 0 fully saturated rings. The van der Waals surface area contributed by atoms with E-state index in [1.807, 2.05) is 0 Å². The summed E-state index contributed by atoms with van der Waals surface area (Å²) in [5, 5.41) is 41.2. The highest BCUT2D eigenvalue weighted by molar-refractivity contribution is 5.96. The number of aliphatic hydroxyl groups excluding tert-OH is 3. The van der Waals surface area contributed by atoms with E-state index in [0.29, 0.717) is 17.6 Å². The van der Waals surface area contributed by atoms with Gasteiger partial charge in [0.05, 0.1) is 26.4 Å². The van der Waals surface area contributed by atoms with Crippen LogP contribution >= 0.6 is 0 Å². The van der Waals surface area contributed by atoms with Gasteiger partial charge in [-0.15, -0.1) is 5.73 Å². The van der Waals surface area contributed by atoms with Crippen LogP contribution in [0.25, 0.3) is 0 Å². The maximum absolute atomic E-state index is 12.9. The van der Waals surface area contributed by atoms with Gasteiger partial charge in [0.2, 0.25) is 0 Å². The van der Waals surface area contributed by atoms with Crippen LogP contribution in [0.1, 0.15) is 48.5 Å². The van der Waals surface area contributed by atoms with E-state index in [1.165, 1.54) is 20.3 Å². The van der Waals surface area contributed by atoms with Crippen molar-refractivity contribution in [1.82, 2.24) is 0 Å².